The molecule has 0 atom stereocenters. The molecule has 0 unspecified atom stereocenters. The quantitative estimate of drug-likeness (QED) is 0.0857. The van der Waals surface area contributed by atoms with Crippen LogP contribution in [0.15, 0.2) is 60.7 Å². The van der Waals surface area contributed by atoms with Crippen molar-refractivity contribution >= 4 is 0 Å². The predicted octanol–water partition coefficient (Wildman–Crippen LogP) is 9.59. The lowest BCUT2D eigenvalue weighted by molar-refractivity contribution is -0.187. The van der Waals surface area contributed by atoms with E-state index in [9.17, 15) is 39.5 Å². The van der Waals surface area contributed by atoms with Gasteiger partial charge in [-0.3, -0.25) is 0 Å². The van der Waals surface area contributed by atoms with E-state index in [1.807, 2.05) is 6.92 Å². The van der Waals surface area contributed by atoms with E-state index in [0.29, 0.717) is 36.2 Å². The van der Waals surface area contributed by atoms with Crippen LogP contribution in [0, 0.1) is 52.6 Å². The average molecular weight is 593 g/mol. The molecule has 0 amide bonds. The highest BCUT2D eigenvalue weighted by Gasteiger charge is 2.38. The molecule has 0 saturated carbocycles. The van der Waals surface area contributed by atoms with Crippen molar-refractivity contribution in [3.63, 3.8) is 0 Å². The molecule has 0 bridgehead atoms. The van der Waals surface area contributed by atoms with Gasteiger partial charge in [0.05, 0.1) is 11.1 Å². The molecule has 218 valence electrons. The van der Waals surface area contributed by atoms with E-state index in [4.69, 9.17) is 0 Å². The molecule has 0 heterocycles. The normalized spacial score (nSPS) is 11.3. The third-order valence-electron chi connectivity index (χ3n) is 6.27. The summed E-state index contributed by atoms with van der Waals surface area (Å²) in [6.07, 6.45) is -1.17. The van der Waals surface area contributed by atoms with Crippen molar-refractivity contribution in [1.29, 1.82) is 0 Å². The average Bonchev–Trinajstić information content (AvgIpc) is 2.91. The Morgan fingerprint density at radius 2 is 1.33 bits per heavy atom. The van der Waals surface area contributed by atoms with Crippen LogP contribution in [-0.2, 0) is 12.5 Å². The molecule has 0 fully saturated rings. The Morgan fingerprint density at radius 3 is 1.93 bits per heavy atom. The molecule has 0 aliphatic carbocycles. The fraction of sp³-hybridized carbons (Fsp3) is 0.188. The number of halogens is 9. The lowest BCUT2D eigenvalue weighted by atomic mass is 10.0. The molecule has 4 aromatic rings. The van der Waals surface area contributed by atoms with E-state index in [2.05, 4.69) is 16.6 Å². The van der Waals surface area contributed by atoms with Gasteiger partial charge in [-0.25, -0.2) is 30.7 Å². The van der Waals surface area contributed by atoms with Crippen LogP contribution in [0.5, 0.6) is 5.75 Å². The van der Waals surface area contributed by atoms with Gasteiger partial charge >= 0.3 is 6.11 Å². The summed E-state index contributed by atoms with van der Waals surface area (Å²) in [6, 6.07) is 8.31. The molecule has 1 nitrogen and oxygen atoms in total. The van der Waals surface area contributed by atoms with Gasteiger partial charge in [-0.2, -0.15) is 8.78 Å². The van der Waals surface area contributed by atoms with Crippen molar-refractivity contribution in [2.45, 2.75) is 38.7 Å². The van der Waals surface area contributed by atoms with Gasteiger partial charge in [0.2, 0.25) is 0 Å². The van der Waals surface area contributed by atoms with Crippen LogP contribution in [0.1, 0.15) is 48.4 Å². The number of hydrogen-bond acceptors (Lipinski definition) is 1. The third kappa shape index (κ3) is 6.90. The van der Waals surface area contributed by atoms with Crippen LogP contribution in [0.2, 0.25) is 0 Å². The second-order valence-corrected chi connectivity index (χ2v) is 9.35. The SMILES string of the molecule is CCCCCc1ccc(C(F)(F)Oc2cc(F)c(C#Cc3ccc(-c4cc(F)c(F)c(F)c4)c(F)c3)c(F)c2)c(F)c1. The molecule has 4 rings (SSSR count). The maximum atomic E-state index is 14.7. The summed E-state index contributed by atoms with van der Waals surface area (Å²) in [6.45, 7) is 1.99. The monoisotopic (exact) mass is 592 g/mol. The van der Waals surface area contributed by atoms with Crippen LogP contribution >= 0.6 is 0 Å². The van der Waals surface area contributed by atoms with Gasteiger partial charge < -0.3 is 4.74 Å². The summed E-state index contributed by atoms with van der Waals surface area (Å²) < 4.78 is 132. The van der Waals surface area contributed by atoms with Gasteiger partial charge in [0.1, 0.15) is 29.0 Å². The zero-order valence-corrected chi connectivity index (χ0v) is 21.9. The molecule has 0 aromatic heterocycles. The second kappa shape index (κ2) is 12.6. The zero-order valence-electron chi connectivity index (χ0n) is 21.9. The molecule has 10 heteroatoms. The van der Waals surface area contributed by atoms with Crippen molar-refractivity contribution in [2.24, 2.45) is 0 Å². The maximum absolute atomic E-state index is 14.7. The summed E-state index contributed by atoms with van der Waals surface area (Å²) in [5.41, 5.74) is -2.12. The Kier molecular flexibility index (Phi) is 9.20. The first-order valence-corrected chi connectivity index (χ1v) is 12.7. The van der Waals surface area contributed by atoms with Crippen LogP contribution in [0.4, 0.5) is 39.5 Å². The van der Waals surface area contributed by atoms with E-state index < -0.39 is 63.7 Å². The molecule has 0 spiro atoms. The van der Waals surface area contributed by atoms with Gasteiger partial charge in [0.25, 0.3) is 0 Å². The Labute approximate surface area is 235 Å². The Hall–Kier alpha value is -4.39. The number of aryl methyl sites for hydroxylation is 1. The van der Waals surface area contributed by atoms with Crippen LogP contribution in [-0.4, -0.2) is 0 Å². The number of alkyl halides is 2. The van der Waals surface area contributed by atoms with Gasteiger partial charge in [0, 0.05) is 23.3 Å². The van der Waals surface area contributed by atoms with Crippen molar-refractivity contribution in [3.8, 4) is 28.7 Å². The molecule has 0 aliphatic rings. The predicted molar refractivity (Wildman–Crippen MR) is 138 cm³/mol. The van der Waals surface area contributed by atoms with Crippen LogP contribution in [0.25, 0.3) is 11.1 Å². The van der Waals surface area contributed by atoms with E-state index in [1.165, 1.54) is 12.1 Å². The van der Waals surface area contributed by atoms with Gasteiger partial charge in [-0.15, -0.1) is 0 Å². The lowest BCUT2D eigenvalue weighted by Gasteiger charge is -2.19. The number of ether oxygens (including phenoxy) is 1. The Balaban J connectivity index is 1.53. The summed E-state index contributed by atoms with van der Waals surface area (Å²) in [5.74, 6) is -6.27. The molecule has 0 saturated heterocycles. The van der Waals surface area contributed by atoms with Crippen LogP contribution < -0.4 is 4.74 Å². The zero-order chi connectivity index (χ0) is 30.6. The number of benzene rings is 4. The molecule has 0 radical (unpaired) electrons. The fourth-order valence-corrected chi connectivity index (χ4v) is 4.13. The minimum Gasteiger partial charge on any atom is -0.429 e. The third-order valence-corrected chi connectivity index (χ3v) is 6.27. The Bertz CT molecular complexity index is 1640. The van der Waals surface area contributed by atoms with Gasteiger partial charge in [-0.1, -0.05) is 43.7 Å². The van der Waals surface area contributed by atoms with Gasteiger partial charge in [-0.05, 0) is 60.4 Å². The summed E-state index contributed by atoms with van der Waals surface area (Å²) in [7, 11) is 0. The summed E-state index contributed by atoms with van der Waals surface area (Å²) in [5, 5.41) is 0. The first-order chi connectivity index (χ1) is 19.9. The van der Waals surface area contributed by atoms with E-state index in [-0.39, 0.29) is 16.7 Å². The largest absolute Gasteiger partial charge is 0.429 e. The first kappa shape index (κ1) is 30.6. The molecule has 0 aliphatic heterocycles. The smallest absolute Gasteiger partial charge is 0.429 e. The molecule has 42 heavy (non-hydrogen) atoms. The highest BCUT2D eigenvalue weighted by molar-refractivity contribution is 5.65. The molecular weight excluding hydrogens is 571 g/mol. The van der Waals surface area contributed by atoms with Gasteiger partial charge in [0.15, 0.2) is 17.5 Å². The fourth-order valence-electron chi connectivity index (χ4n) is 4.13. The molecular formula is C32H21F9O. The standard InChI is InChI=1S/C32H21F9O/c1-2-3-4-5-18-8-11-24(28(36)13-18)32(40,41)42-21-16-26(34)23(27(35)17-21)10-7-19-6-9-22(25(33)12-19)20-14-29(37)31(39)30(38)15-20/h6,8-9,11-17H,2-5H2,1H3. The number of rotatable bonds is 8. The highest BCUT2D eigenvalue weighted by Crippen LogP contribution is 2.35. The van der Waals surface area contributed by atoms with E-state index in [0.717, 1.165) is 43.5 Å². The minimum absolute atomic E-state index is 0.0985. The van der Waals surface area contributed by atoms with Crippen molar-refractivity contribution in [3.05, 3.63) is 124 Å². The first-order valence-electron chi connectivity index (χ1n) is 12.7. The molecule has 4 aromatic carbocycles. The Morgan fingerprint density at radius 1 is 0.667 bits per heavy atom. The summed E-state index contributed by atoms with van der Waals surface area (Å²) >= 11 is 0. The van der Waals surface area contributed by atoms with E-state index >= 15 is 0 Å². The number of unbranched alkanes of at least 4 members (excludes halogenated alkanes) is 2. The van der Waals surface area contributed by atoms with Crippen molar-refractivity contribution < 1.29 is 44.3 Å². The van der Waals surface area contributed by atoms with E-state index in [1.54, 1.807) is 0 Å². The van der Waals surface area contributed by atoms with Crippen LogP contribution in [0.3, 0.4) is 0 Å². The maximum Gasteiger partial charge on any atom is 0.429 e. The van der Waals surface area contributed by atoms with Crippen molar-refractivity contribution in [1.82, 2.24) is 0 Å². The topological polar surface area (TPSA) is 9.23 Å². The van der Waals surface area contributed by atoms with Crippen molar-refractivity contribution in [2.75, 3.05) is 0 Å². The molecule has 0 N–H and O–H groups in total. The summed E-state index contributed by atoms with van der Waals surface area (Å²) in [4.78, 5) is 0. The second-order valence-electron chi connectivity index (χ2n) is 9.35. The minimum atomic E-state index is -4.26. The lowest BCUT2D eigenvalue weighted by Crippen LogP contribution is -2.23. The number of hydrogen-bond donors (Lipinski definition) is 0. The highest BCUT2D eigenvalue weighted by atomic mass is 19.3.